The summed E-state index contributed by atoms with van der Waals surface area (Å²) in [5.41, 5.74) is 0.783. The van der Waals surface area contributed by atoms with Crippen LogP contribution in [-0.4, -0.2) is 35.5 Å². The molecule has 1 fully saturated rings. The van der Waals surface area contributed by atoms with Crippen molar-refractivity contribution in [1.29, 1.82) is 0 Å². The van der Waals surface area contributed by atoms with E-state index >= 15 is 0 Å². The van der Waals surface area contributed by atoms with E-state index in [0.29, 0.717) is 0 Å². The monoisotopic (exact) mass is 293 g/mol. The molecule has 2 rings (SSSR count). The topological polar surface area (TPSA) is 46.6 Å². The van der Waals surface area contributed by atoms with Gasteiger partial charge < -0.3 is 9.64 Å². The van der Waals surface area contributed by atoms with Crippen molar-refractivity contribution in [2.75, 3.05) is 6.61 Å². The van der Waals surface area contributed by atoms with Crippen LogP contribution in [-0.2, 0) is 14.3 Å². The van der Waals surface area contributed by atoms with Crippen molar-refractivity contribution in [2.45, 2.75) is 45.2 Å². The summed E-state index contributed by atoms with van der Waals surface area (Å²) in [4.78, 5) is 26.1. The van der Waals surface area contributed by atoms with Gasteiger partial charge in [0.25, 0.3) is 0 Å². The van der Waals surface area contributed by atoms with Gasteiger partial charge in [-0.15, -0.1) is 0 Å². The van der Waals surface area contributed by atoms with Crippen molar-refractivity contribution in [2.24, 2.45) is 0 Å². The number of esters is 1. The van der Waals surface area contributed by atoms with Gasteiger partial charge in [0.15, 0.2) is 0 Å². The highest BCUT2D eigenvalue weighted by Crippen LogP contribution is 2.36. The van der Waals surface area contributed by atoms with Crippen LogP contribution in [0.5, 0.6) is 0 Å². The summed E-state index contributed by atoms with van der Waals surface area (Å²) in [6.45, 7) is 5.75. The van der Waals surface area contributed by atoms with Gasteiger partial charge in [0.2, 0.25) is 5.91 Å². The lowest BCUT2D eigenvalue weighted by molar-refractivity contribution is -0.152. The lowest BCUT2D eigenvalue weighted by Gasteiger charge is -2.29. The number of benzene rings is 1. The number of rotatable bonds is 4. The van der Waals surface area contributed by atoms with E-state index in [-0.39, 0.29) is 36.7 Å². The second-order valence-electron chi connectivity index (χ2n) is 5.45. The van der Waals surface area contributed by atoms with E-state index in [9.17, 15) is 14.0 Å². The summed E-state index contributed by atoms with van der Waals surface area (Å²) < 4.78 is 18.2. The van der Waals surface area contributed by atoms with E-state index in [1.54, 1.807) is 24.0 Å². The maximum Gasteiger partial charge on any atom is 0.329 e. The number of amides is 1. The molecule has 1 aromatic carbocycles. The van der Waals surface area contributed by atoms with Crippen LogP contribution in [0.15, 0.2) is 24.3 Å². The lowest BCUT2D eigenvalue weighted by Crippen LogP contribution is -2.45. The molecule has 0 aromatic heterocycles. The first-order valence-corrected chi connectivity index (χ1v) is 7.19. The van der Waals surface area contributed by atoms with Gasteiger partial charge in [-0.05, 0) is 38.5 Å². The van der Waals surface area contributed by atoms with Gasteiger partial charge in [0, 0.05) is 18.4 Å². The minimum atomic E-state index is -0.636. The molecular formula is C16H20FNO3. The van der Waals surface area contributed by atoms with Gasteiger partial charge in [0.05, 0.1) is 6.61 Å². The molecule has 0 N–H and O–H groups in total. The van der Waals surface area contributed by atoms with Crippen molar-refractivity contribution < 1.29 is 18.7 Å². The van der Waals surface area contributed by atoms with Gasteiger partial charge in [-0.25, -0.2) is 9.18 Å². The highest BCUT2D eigenvalue weighted by atomic mass is 19.1. The SMILES string of the molecule is CCOC(=O)[C@@H]1[C@H](c2ccc(F)cc2)CC(=O)N1C(C)C. The van der Waals surface area contributed by atoms with E-state index < -0.39 is 12.0 Å². The number of likely N-dealkylation sites (tertiary alicyclic amines) is 1. The Morgan fingerprint density at radius 2 is 2.00 bits per heavy atom. The van der Waals surface area contributed by atoms with Crippen LogP contribution in [0.1, 0.15) is 38.7 Å². The first kappa shape index (κ1) is 15.5. The van der Waals surface area contributed by atoms with Crippen LogP contribution < -0.4 is 0 Å². The number of hydrogen-bond acceptors (Lipinski definition) is 3. The molecule has 0 radical (unpaired) electrons. The molecule has 0 aliphatic carbocycles. The van der Waals surface area contributed by atoms with E-state index in [1.807, 2.05) is 13.8 Å². The molecule has 1 saturated heterocycles. The van der Waals surface area contributed by atoms with Crippen LogP contribution in [0, 0.1) is 5.82 Å². The van der Waals surface area contributed by atoms with Gasteiger partial charge in [0.1, 0.15) is 11.9 Å². The fourth-order valence-corrected chi connectivity index (χ4v) is 2.88. The van der Waals surface area contributed by atoms with Crippen molar-refractivity contribution in [3.05, 3.63) is 35.6 Å². The molecular weight excluding hydrogens is 273 g/mol. The van der Waals surface area contributed by atoms with Crippen molar-refractivity contribution in [1.82, 2.24) is 4.90 Å². The zero-order valence-corrected chi connectivity index (χ0v) is 12.5. The Kier molecular flexibility index (Phi) is 4.60. The Balaban J connectivity index is 2.36. The summed E-state index contributed by atoms with van der Waals surface area (Å²) in [5, 5.41) is 0. The average Bonchev–Trinajstić information content (AvgIpc) is 2.77. The average molecular weight is 293 g/mol. The van der Waals surface area contributed by atoms with E-state index in [0.717, 1.165) is 5.56 Å². The number of ether oxygens (including phenoxy) is 1. The fraction of sp³-hybridized carbons (Fsp3) is 0.500. The second-order valence-corrected chi connectivity index (χ2v) is 5.45. The van der Waals surface area contributed by atoms with Crippen LogP contribution >= 0.6 is 0 Å². The maximum absolute atomic E-state index is 13.1. The maximum atomic E-state index is 13.1. The molecule has 114 valence electrons. The molecule has 4 nitrogen and oxygen atoms in total. The van der Waals surface area contributed by atoms with Crippen LogP contribution in [0.3, 0.4) is 0 Å². The minimum absolute atomic E-state index is 0.0719. The summed E-state index contributed by atoms with van der Waals surface area (Å²) in [6.07, 6.45) is 0.243. The van der Waals surface area contributed by atoms with E-state index in [1.165, 1.54) is 12.1 Å². The zero-order valence-electron chi connectivity index (χ0n) is 12.5. The number of carbonyl (C=O) groups excluding carboxylic acids is 2. The molecule has 5 heteroatoms. The second kappa shape index (κ2) is 6.24. The first-order valence-electron chi connectivity index (χ1n) is 7.19. The molecule has 0 spiro atoms. The van der Waals surface area contributed by atoms with Crippen molar-refractivity contribution >= 4 is 11.9 Å². The number of hydrogen-bond donors (Lipinski definition) is 0. The quantitative estimate of drug-likeness (QED) is 0.801. The molecule has 1 aromatic rings. The molecule has 0 bridgehead atoms. The van der Waals surface area contributed by atoms with Crippen LogP contribution in [0.25, 0.3) is 0 Å². The zero-order chi connectivity index (χ0) is 15.6. The number of carbonyl (C=O) groups is 2. The normalized spacial score (nSPS) is 22.0. The number of halogens is 1. The van der Waals surface area contributed by atoms with E-state index in [2.05, 4.69) is 0 Å². The Morgan fingerprint density at radius 1 is 1.38 bits per heavy atom. The molecule has 2 atom stereocenters. The molecule has 0 unspecified atom stereocenters. The standard InChI is InChI=1S/C16H20FNO3/c1-4-21-16(20)15-13(9-14(19)18(15)10(2)3)11-5-7-12(17)8-6-11/h5-8,10,13,15H,4,9H2,1-3H3/t13-,15-/m0/s1. The predicted molar refractivity (Wildman–Crippen MR) is 76.2 cm³/mol. The van der Waals surface area contributed by atoms with Gasteiger partial charge in [-0.2, -0.15) is 0 Å². The smallest absolute Gasteiger partial charge is 0.329 e. The van der Waals surface area contributed by atoms with Crippen molar-refractivity contribution in [3.8, 4) is 0 Å². The first-order chi connectivity index (χ1) is 9.95. The van der Waals surface area contributed by atoms with Crippen LogP contribution in [0.4, 0.5) is 4.39 Å². The largest absolute Gasteiger partial charge is 0.464 e. The summed E-state index contributed by atoms with van der Waals surface area (Å²) in [7, 11) is 0. The van der Waals surface area contributed by atoms with E-state index in [4.69, 9.17) is 4.74 Å². The third-order valence-corrected chi connectivity index (χ3v) is 3.75. The van der Waals surface area contributed by atoms with Gasteiger partial charge >= 0.3 is 5.97 Å². The molecule has 1 aliphatic rings. The van der Waals surface area contributed by atoms with Gasteiger partial charge in [-0.1, -0.05) is 12.1 Å². The Morgan fingerprint density at radius 3 is 2.52 bits per heavy atom. The summed E-state index contributed by atoms with van der Waals surface area (Å²) >= 11 is 0. The molecule has 1 amide bonds. The third-order valence-electron chi connectivity index (χ3n) is 3.75. The summed E-state index contributed by atoms with van der Waals surface area (Å²) in [5.74, 6) is -1.10. The highest BCUT2D eigenvalue weighted by Gasteiger charge is 2.46. The highest BCUT2D eigenvalue weighted by molar-refractivity contribution is 5.90. The third kappa shape index (κ3) is 3.06. The molecule has 0 saturated carbocycles. The van der Waals surface area contributed by atoms with Gasteiger partial charge in [-0.3, -0.25) is 4.79 Å². The Hall–Kier alpha value is -1.91. The molecule has 1 heterocycles. The lowest BCUT2D eigenvalue weighted by atomic mass is 9.91. The molecule has 1 aliphatic heterocycles. The Bertz CT molecular complexity index is 527. The number of nitrogens with zero attached hydrogens (tertiary/aromatic N) is 1. The fourth-order valence-electron chi connectivity index (χ4n) is 2.88. The van der Waals surface area contributed by atoms with Crippen LogP contribution in [0.2, 0.25) is 0 Å². The summed E-state index contributed by atoms with van der Waals surface area (Å²) in [6, 6.07) is 5.23. The van der Waals surface area contributed by atoms with Crippen molar-refractivity contribution in [3.63, 3.8) is 0 Å². The predicted octanol–water partition coefficient (Wildman–Crippen LogP) is 2.48. The Labute approximate surface area is 123 Å². The minimum Gasteiger partial charge on any atom is -0.464 e. The molecule has 21 heavy (non-hydrogen) atoms.